The molecule has 0 aromatic heterocycles. The fourth-order valence-corrected chi connectivity index (χ4v) is 1.95. The average molecular weight is 235 g/mol. The van der Waals surface area contributed by atoms with E-state index in [1.54, 1.807) is 6.07 Å². The lowest BCUT2D eigenvalue weighted by molar-refractivity contribution is -0.136. The molecule has 5 heteroatoms. The first-order valence-corrected chi connectivity index (χ1v) is 5.25. The van der Waals surface area contributed by atoms with Gasteiger partial charge in [-0.05, 0) is 18.2 Å². The normalized spacial score (nSPS) is 10.1. The Bertz CT molecular complexity index is 344. The van der Waals surface area contributed by atoms with Crippen molar-refractivity contribution in [3.8, 4) is 0 Å². The highest BCUT2D eigenvalue weighted by Crippen LogP contribution is 2.24. The van der Waals surface area contributed by atoms with E-state index in [2.05, 4.69) is 0 Å². The van der Waals surface area contributed by atoms with E-state index in [0.717, 1.165) is 4.90 Å². The molecule has 0 fully saturated rings. The molecule has 0 aliphatic heterocycles. The maximum atomic E-state index is 12.7. The van der Waals surface area contributed by atoms with Crippen molar-refractivity contribution >= 4 is 29.3 Å². The summed E-state index contributed by atoms with van der Waals surface area (Å²) in [5, 5.41) is 8.45. The predicted molar refractivity (Wildman–Crippen MR) is 54.4 cm³/mol. The van der Waals surface area contributed by atoms with Gasteiger partial charge in [-0.25, -0.2) is 4.39 Å². The van der Waals surface area contributed by atoms with Gasteiger partial charge in [0, 0.05) is 10.6 Å². The lowest BCUT2D eigenvalue weighted by Gasteiger charge is -2.00. The summed E-state index contributed by atoms with van der Waals surface area (Å²) in [6.45, 7) is 0. The highest BCUT2D eigenvalue weighted by molar-refractivity contribution is 7.99. The summed E-state index contributed by atoms with van der Waals surface area (Å²) in [6.07, 6.45) is 0.0830. The van der Waals surface area contributed by atoms with E-state index in [1.807, 2.05) is 0 Å². The van der Waals surface area contributed by atoms with Crippen LogP contribution in [0.1, 0.15) is 6.42 Å². The number of hydrogen-bond donors (Lipinski definition) is 1. The van der Waals surface area contributed by atoms with Crippen molar-refractivity contribution in [3.05, 3.63) is 29.0 Å². The molecule has 14 heavy (non-hydrogen) atoms. The SMILES string of the molecule is O=C(O)CCSc1ccc(F)c(Cl)c1. The molecule has 0 radical (unpaired) electrons. The van der Waals surface area contributed by atoms with Gasteiger partial charge in [0.25, 0.3) is 0 Å². The van der Waals surface area contributed by atoms with Crippen LogP contribution in [0.25, 0.3) is 0 Å². The van der Waals surface area contributed by atoms with Crippen molar-refractivity contribution in [1.82, 2.24) is 0 Å². The minimum Gasteiger partial charge on any atom is -0.481 e. The molecule has 0 saturated heterocycles. The van der Waals surface area contributed by atoms with Gasteiger partial charge in [0.15, 0.2) is 0 Å². The summed E-state index contributed by atoms with van der Waals surface area (Å²) in [7, 11) is 0. The van der Waals surface area contributed by atoms with Crippen LogP contribution < -0.4 is 0 Å². The van der Waals surface area contributed by atoms with E-state index in [1.165, 1.54) is 23.9 Å². The molecule has 76 valence electrons. The molecule has 2 nitrogen and oxygen atoms in total. The van der Waals surface area contributed by atoms with Crippen molar-refractivity contribution in [1.29, 1.82) is 0 Å². The van der Waals surface area contributed by atoms with E-state index in [0.29, 0.717) is 5.75 Å². The second-order valence-electron chi connectivity index (χ2n) is 2.57. The Morgan fingerprint density at radius 1 is 1.57 bits per heavy atom. The minimum absolute atomic E-state index is 0.0605. The quantitative estimate of drug-likeness (QED) is 0.814. The van der Waals surface area contributed by atoms with Crippen molar-refractivity contribution in [2.75, 3.05) is 5.75 Å². The molecule has 0 amide bonds. The summed E-state index contributed by atoms with van der Waals surface area (Å²) in [5.74, 6) is -0.850. The Morgan fingerprint density at radius 2 is 2.29 bits per heavy atom. The molecule has 1 rings (SSSR count). The highest BCUT2D eigenvalue weighted by Gasteiger charge is 2.02. The molecule has 0 aliphatic rings. The standard InChI is InChI=1S/C9H8ClFO2S/c10-7-5-6(1-2-8(7)11)14-4-3-9(12)13/h1-2,5H,3-4H2,(H,12,13). The number of hydrogen-bond acceptors (Lipinski definition) is 2. The molecule has 0 saturated carbocycles. The first kappa shape index (κ1) is 11.3. The number of carboxylic acid groups (broad SMARTS) is 1. The van der Waals surface area contributed by atoms with Crippen LogP contribution in [-0.2, 0) is 4.79 Å². The van der Waals surface area contributed by atoms with E-state index in [-0.39, 0.29) is 11.4 Å². The summed E-state index contributed by atoms with van der Waals surface area (Å²) in [6, 6.07) is 4.34. The Kier molecular flexibility index (Phi) is 4.22. The zero-order chi connectivity index (χ0) is 10.6. The predicted octanol–water partition coefficient (Wildman–Crippen LogP) is 3.05. The molecular formula is C9H8ClFO2S. The van der Waals surface area contributed by atoms with Gasteiger partial charge in [0.05, 0.1) is 11.4 Å². The Balaban J connectivity index is 2.51. The van der Waals surface area contributed by atoms with Crippen LogP contribution in [-0.4, -0.2) is 16.8 Å². The molecule has 0 atom stereocenters. The average Bonchev–Trinajstić information content (AvgIpc) is 2.10. The monoisotopic (exact) mass is 234 g/mol. The van der Waals surface area contributed by atoms with Gasteiger partial charge >= 0.3 is 5.97 Å². The number of aliphatic carboxylic acids is 1. The Labute approximate surface area is 90.1 Å². The second kappa shape index (κ2) is 5.22. The molecule has 1 N–H and O–H groups in total. The first-order chi connectivity index (χ1) is 6.59. The summed E-state index contributed by atoms with van der Waals surface area (Å²) in [5.41, 5.74) is 0. The molecule has 0 spiro atoms. The third-order valence-corrected chi connectivity index (χ3v) is 2.76. The van der Waals surface area contributed by atoms with E-state index in [4.69, 9.17) is 16.7 Å². The second-order valence-corrected chi connectivity index (χ2v) is 4.14. The van der Waals surface area contributed by atoms with E-state index >= 15 is 0 Å². The van der Waals surface area contributed by atoms with Crippen LogP contribution in [0.15, 0.2) is 23.1 Å². The van der Waals surface area contributed by atoms with Gasteiger partial charge < -0.3 is 5.11 Å². The summed E-state index contributed by atoms with van der Waals surface area (Å²) < 4.78 is 12.7. The number of rotatable bonds is 4. The van der Waals surface area contributed by atoms with E-state index in [9.17, 15) is 9.18 Å². The van der Waals surface area contributed by atoms with Gasteiger partial charge in [-0.3, -0.25) is 4.79 Å². The summed E-state index contributed by atoms with van der Waals surface area (Å²) >= 11 is 6.89. The molecule has 0 bridgehead atoms. The highest BCUT2D eigenvalue weighted by atomic mass is 35.5. The van der Waals surface area contributed by atoms with Crippen molar-refractivity contribution in [2.24, 2.45) is 0 Å². The van der Waals surface area contributed by atoms with Crippen LogP contribution in [0.5, 0.6) is 0 Å². The van der Waals surface area contributed by atoms with Crippen molar-refractivity contribution in [3.63, 3.8) is 0 Å². The number of benzene rings is 1. The molecule has 0 heterocycles. The largest absolute Gasteiger partial charge is 0.481 e. The zero-order valence-corrected chi connectivity index (χ0v) is 8.74. The Hall–Kier alpha value is -0.740. The minimum atomic E-state index is -0.842. The van der Waals surface area contributed by atoms with Crippen LogP contribution in [0.2, 0.25) is 5.02 Å². The van der Waals surface area contributed by atoms with Crippen LogP contribution in [0, 0.1) is 5.82 Å². The lowest BCUT2D eigenvalue weighted by atomic mass is 10.3. The zero-order valence-electron chi connectivity index (χ0n) is 7.17. The number of carbonyl (C=O) groups is 1. The van der Waals surface area contributed by atoms with Crippen LogP contribution in [0.4, 0.5) is 4.39 Å². The van der Waals surface area contributed by atoms with Crippen LogP contribution >= 0.6 is 23.4 Å². The number of halogens is 2. The van der Waals surface area contributed by atoms with Gasteiger partial charge in [-0.1, -0.05) is 11.6 Å². The van der Waals surface area contributed by atoms with Crippen molar-refractivity contribution in [2.45, 2.75) is 11.3 Å². The Morgan fingerprint density at radius 3 is 2.86 bits per heavy atom. The maximum Gasteiger partial charge on any atom is 0.304 e. The third-order valence-electron chi connectivity index (χ3n) is 1.48. The molecule has 1 aromatic carbocycles. The van der Waals surface area contributed by atoms with Gasteiger partial charge in [-0.2, -0.15) is 0 Å². The molecule has 0 unspecified atom stereocenters. The van der Waals surface area contributed by atoms with Gasteiger partial charge in [0.2, 0.25) is 0 Å². The maximum absolute atomic E-state index is 12.7. The third kappa shape index (κ3) is 3.55. The van der Waals surface area contributed by atoms with Crippen molar-refractivity contribution < 1.29 is 14.3 Å². The van der Waals surface area contributed by atoms with Crippen LogP contribution in [0.3, 0.4) is 0 Å². The topological polar surface area (TPSA) is 37.3 Å². The first-order valence-electron chi connectivity index (χ1n) is 3.89. The smallest absolute Gasteiger partial charge is 0.304 e. The fourth-order valence-electron chi connectivity index (χ4n) is 0.823. The summed E-state index contributed by atoms with van der Waals surface area (Å²) in [4.78, 5) is 11.0. The molecular weight excluding hydrogens is 227 g/mol. The number of carboxylic acids is 1. The number of thioether (sulfide) groups is 1. The van der Waals surface area contributed by atoms with Gasteiger partial charge in [-0.15, -0.1) is 11.8 Å². The van der Waals surface area contributed by atoms with E-state index < -0.39 is 11.8 Å². The fraction of sp³-hybridized carbons (Fsp3) is 0.222. The van der Waals surface area contributed by atoms with Gasteiger partial charge in [0.1, 0.15) is 5.82 Å². The lowest BCUT2D eigenvalue weighted by Crippen LogP contribution is -1.95. The molecule has 1 aromatic rings. The molecule has 0 aliphatic carbocycles.